The zero-order chi connectivity index (χ0) is 40.4. The number of fused-ring (bicyclic) bond motifs is 2. The Balaban J connectivity index is 1.05. The first kappa shape index (κ1) is 40.4. The lowest BCUT2D eigenvalue weighted by atomic mass is 9.84. The standard InChI is InChI=1S/C40H47F4N4O7PS/c1-2-46(29-19-30(20-29)55-40(42,43)44)27-9-11-31(45-36(49)34-17-25-16-24(8-13-33(25)57-34)35(41)56(52,53)54)37(50)48-28(18-27)10-12-32(48)38(51)47-22-26(21-39(47)14-15-39)23-6-4-3-5-7-23/h3-8,13,16-17,26-32,35H,2,9-12,14-15,18-22H2,1H3,(H,45,49)(H2,52,53,54)/t26-,27+,28-,29?,30?,31+,32+,35-/m1/s1. The third kappa shape index (κ3) is 8.14. The Morgan fingerprint density at radius 1 is 1.04 bits per heavy atom. The van der Waals surface area contributed by atoms with Crippen LogP contribution in [0.25, 0.3) is 10.1 Å². The molecule has 5 fully saturated rings. The molecule has 1 spiro atoms. The SMILES string of the molecule is CCN(C1CC(OC(F)(F)F)C1)[C@H]1CC[C@H](NC(=O)c2cc3cc([C@H](F)P(=O)(O)O)ccc3s2)C(=O)N2[C@H](CC[C@H]2C(=O)N2C[C@H](c3ccccc3)CC23CC3)C1. The highest BCUT2D eigenvalue weighted by atomic mass is 32.1. The first-order chi connectivity index (χ1) is 27.0. The number of thiophene rings is 1. The molecule has 3 amide bonds. The van der Waals surface area contributed by atoms with Gasteiger partial charge in [0.1, 0.15) is 12.1 Å². The molecule has 2 aliphatic carbocycles. The van der Waals surface area contributed by atoms with Crippen LogP contribution < -0.4 is 5.32 Å². The van der Waals surface area contributed by atoms with Crippen molar-refractivity contribution in [3.8, 4) is 0 Å². The molecule has 4 heterocycles. The van der Waals surface area contributed by atoms with Gasteiger partial charge in [0.25, 0.3) is 5.91 Å². The largest absolute Gasteiger partial charge is 0.522 e. The van der Waals surface area contributed by atoms with Crippen LogP contribution in [0, 0.1) is 0 Å². The van der Waals surface area contributed by atoms with Crippen LogP contribution in [0.3, 0.4) is 0 Å². The molecule has 3 N–H and O–H groups in total. The van der Waals surface area contributed by atoms with E-state index in [1.54, 1.807) is 4.90 Å². The molecule has 0 radical (unpaired) electrons. The average Bonchev–Trinajstić information content (AvgIpc) is 3.44. The van der Waals surface area contributed by atoms with Crippen LogP contribution in [0.4, 0.5) is 17.6 Å². The van der Waals surface area contributed by atoms with E-state index in [4.69, 9.17) is 0 Å². The van der Waals surface area contributed by atoms with Gasteiger partial charge in [-0.1, -0.05) is 43.3 Å². The van der Waals surface area contributed by atoms with Crippen molar-refractivity contribution in [2.24, 2.45) is 0 Å². The predicted molar refractivity (Wildman–Crippen MR) is 204 cm³/mol. The van der Waals surface area contributed by atoms with Crippen molar-refractivity contribution >= 4 is 46.7 Å². The van der Waals surface area contributed by atoms with Crippen molar-refractivity contribution in [1.82, 2.24) is 20.0 Å². The van der Waals surface area contributed by atoms with Crippen molar-refractivity contribution in [3.63, 3.8) is 0 Å². The van der Waals surface area contributed by atoms with Gasteiger partial charge in [-0.3, -0.25) is 28.6 Å². The third-order valence-corrected chi connectivity index (χ3v) is 15.0. The number of amides is 3. The highest BCUT2D eigenvalue weighted by molar-refractivity contribution is 7.51. The Morgan fingerprint density at radius 3 is 2.44 bits per heavy atom. The second-order valence-electron chi connectivity index (χ2n) is 16.4. The maximum atomic E-state index is 14.7. The van der Waals surface area contributed by atoms with E-state index in [0.717, 1.165) is 30.6 Å². The zero-order valence-corrected chi connectivity index (χ0v) is 33.2. The van der Waals surface area contributed by atoms with E-state index < -0.39 is 44.0 Å². The molecule has 2 aromatic carbocycles. The quantitative estimate of drug-likeness (QED) is 0.147. The van der Waals surface area contributed by atoms with E-state index in [1.807, 2.05) is 30.0 Å². The van der Waals surface area contributed by atoms with Crippen LogP contribution in [0.2, 0.25) is 0 Å². The molecule has 3 aliphatic heterocycles. The second kappa shape index (κ2) is 15.3. The maximum absolute atomic E-state index is 14.7. The fourth-order valence-electron chi connectivity index (χ4n) is 9.99. The van der Waals surface area contributed by atoms with Gasteiger partial charge in [0.15, 0.2) is 0 Å². The Kier molecular flexibility index (Phi) is 10.9. The highest BCUT2D eigenvalue weighted by Gasteiger charge is 2.59. The van der Waals surface area contributed by atoms with E-state index in [9.17, 15) is 46.3 Å². The van der Waals surface area contributed by atoms with Crippen LogP contribution in [0.15, 0.2) is 54.6 Å². The number of hydrogen-bond acceptors (Lipinski definition) is 7. The smallest absolute Gasteiger partial charge is 0.340 e. The number of nitrogens with zero attached hydrogens (tertiary/aromatic N) is 3. The van der Waals surface area contributed by atoms with Crippen LogP contribution >= 0.6 is 18.9 Å². The van der Waals surface area contributed by atoms with Crippen molar-refractivity contribution in [3.05, 3.63) is 70.6 Å². The number of rotatable bonds is 10. The molecule has 5 aliphatic rings. The predicted octanol–water partition coefficient (Wildman–Crippen LogP) is 7.00. The second-order valence-corrected chi connectivity index (χ2v) is 19.2. The number of ether oxygens (including phenoxy) is 1. The Morgan fingerprint density at radius 2 is 1.77 bits per heavy atom. The van der Waals surface area contributed by atoms with Gasteiger partial charge in [-0.25, -0.2) is 4.39 Å². The summed E-state index contributed by atoms with van der Waals surface area (Å²) in [5, 5.41) is 3.35. The first-order valence-corrected chi connectivity index (χ1v) is 22.3. The fraction of sp³-hybridized carbons (Fsp3) is 0.575. The molecule has 308 valence electrons. The van der Waals surface area contributed by atoms with E-state index >= 15 is 0 Å². The molecule has 0 unspecified atom stereocenters. The summed E-state index contributed by atoms with van der Waals surface area (Å²) in [5.74, 6) is -3.32. The van der Waals surface area contributed by atoms with E-state index in [0.29, 0.717) is 48.9 Å². The summed E-state index contributed by atoms with van der Waals surface area (Å²) in [6.45, 7) is 3.09. The first-order valence-electron chi connectivity index (χ1n) is 19.8. The lowest BCUT2D eigenvalue weighted by Gasteiger charge is -2.48. The summed E-state index contributed by atoms with van der Waals surface area (Å²) in [6.07, 6.45) is -0.209. The number of likely N-dealkylation sites (tertiary alicyclic amines) is 1. The van der Waals surface area contributed by atoms with Crippen LogP contribution in [-0.4, -0.2) is 104 Å². The molecule has 57 heavy (non-hydrogen) atoms. The minimum Gasteiger partial charge on any atom is -0.340 e. The minimum absolute atomic E-state index is 0.0794. The maximum Gasteiger partial charge on any atom is 0.522 e. The van der Waals surface area contributed by atoms with Gasteiger partial charge in [-0.2, -0.15) is 0 Å². The molecular weight excluding hydrogens is 787 g/mol. The molecule has 3 aromatic rings. The van der Waals surface area contributed by atoms with Crippen LogP contribution in [0.1, 0.15) is 104 Å². The summed E-state index contributed by atoms with van der Waals surface area (Å²) in [5.41, 5.74) is 0.727. The number of nitrogens with one attached hydrogen (secondary N) is 1. The summed E-state index contributed by atoms with van der Waals surface area (Å²) in [4.78, 5) is 68.2. The van der Waals surface area contributed by atoms with Crippen molar-refractivity contribution in [1.29, 1.82) is 0 Å². The lowest BCUT2D eigenvalue weighted by molar-refractivity contribution is -0.354. The molecule has 0 bridgehead atoms. The Hall–Kier alpha value is -3.40. The topological polar surface area (TPSA) is 140 Å². The van der Waals surface area contributed by atoms with Gasteiger partial charge >= 0.3 is 14.0 Å². The van der Waals surface area contributed by atoms with Gasteiger partial charge in [-0.05, 0) is 105 Å². The van der Waals surface area contributed by atoms with Gasteiger partial charge in [0.05, 0.1) is 11.0 Å². The van der Waals surface area contributed by atoms with Crippen molar-refractivity contribution < 1.29 is 51.0 Å². The molecule has 3 saturated heterocycles. The number of halogens is 4. The fourth-order valence-corrected chi connectivity index (χ4v) is 11.5. The van der Waals surface area contributed by atoms with Gasteiger partial charge < -0.3 is 24.9 Å². The molecule has 11 nitrogen and oxygen atoms in total. The molecule has 6 atom stereocenters. The zero-order valence-electron chi connectivity index (χ0n) is 31.4. The van der Waals surface area contributed by atoms with E-state index in [2.05, 4.69) is 27.1 Å². The summed E-state index contributed by atoms with van der Waals surface area (Å²) >= 11 is 1.09. The molecule has 1 aromatic heterocycles. The monoisotopic (exact) mass is 834 g/mol. The third-order valence-electron chi connectivity index (χ3n) is 13.0. The van der Waals surface area contributed by atoms with Crippen LogP contribution in [-0.2, 0) is 18.9 Å². The number of hydrogen-bond donors (Lipinski definition) is 3. The molecular formula is C40H47F4N4O7PS. The Labute approximate surface area is 331 Å². The normalized spacial score (nSPS) is 29.3. The highest BCUT2D eigenvalue weighted by Crippen LogP contribution is 2.55. The minimum atomic E-state index is -5.06. The van der Waals surface area contributed by atoms with E-state index in [1.165, 1.54) is 29.8 Å². The number of benzene rings is 2. The van der Waals surface area contributed by atoms with Gasteiger partial charge in [0, 0.05) is 40.8 Å². The van der Waals surface area contributed by atoms with Gasteiger partial charge in [0.2, 0.25) is 17.7 Å². The van der Waals surface area contributed by atoms with Crippen molar-refractivity contribution in [2.75, 3.05) is 13.1 Å². The molecule has 8 rings (SSSR count). The molecule has 2 saturated carbocycles. The van der Waals surface area contributed by atoms with E-state index in [-0.39, 0.29) is 71.1 Å². The Bertz CT molecular complexity index is 2060. The summed E-state index contributed by atoms with van der Waals surface area (Å²) in [7, 11) is -5.06. The average molecular weight is 835 g/mol. The lowest BCUT2D eigenvalue weighted by Crippen LogP contribution is -2.60. The summed E-state index contributed by atoms with van der Waals surface area (Å²) in [6, 6.07) is 13.4. The number of carbonyl (C=O) groups excluding carboxylic acids is 3. The van der Waals surface area contributed by atoms with Crippen molar-refractivity contribution in [2.45, 2.75) is 131 Å². The number of carbonyl (C=O) groups is 3. The molecule has 17 heteroatoms. The van der Waals surface area contributed by atoms with Gasteiger partial charge in [-0.15, -0.1) is 24.5 Å². The summed E-state index contributed by atoms with van der Waals surface area (Å²) < 4.78 is 69.9. The number of alkyl halides is 4. The van der Waals surface area contributed by atoms with Crippen LogP contribution in [0.5, 0.6) is 0 Å².